The molecule has 13 heteroatoms. The molecule has 0 saturated carbocycles. The predicted molar refractivity (Wildman–Crippen MR) is 181 cm³/mol. The van der Waals surface area contributed by atoms with E-state index in [2.05, 4.69) is 54.3 Å². The van der Waals surface area contributed by atoms with Crippen molar-refractivity contribution in [2.75, 3.05) is 72.9 Å². The number of aromatic nitrogens is 3. The number of rotatable bonds is 10. The molecule has 1 unspecified atom stereocenters. The number of carbonyl (C=O) groups is 2. The molecule has 0 bridgehead atoms. The van der Waals surface area contributed by atoms with E-state index in [-0.39, 0.29) is 17.9 Å². The molecule has 2 aromatic heterocycles. The molecule has 2 amide bonds. The predicted octanol–water partition coefficient (Wildman–Crippen LogP) is 4.64. The average Bonchev–Trinajstić information content (AvgIpc) is 3.60. The van der Waals surface area contributed by atoms with Crippen LogP contribution in [0.2, 0.25) is 0 Å². The van der Waals surface area contributed by atoms with E-state index >= 15 is 0 Å². The number of piperazine rings is 1. The molecule has 47 heavy (non-hydrogen) atoms. The van der Waals surface area contributed by atoms with Gasteiger partial charge in [-0.2, -0.15) is 0 Å². The first kappa shape index (κ1) is 31.5. The van der Waals surface area contributed by atoms with Gasteiger partial charge < -0.3 is 30.5 Å². The fraction of sp³-hybridized carbons (Fsp3) is 0.265. The molecule has 0 spiro atoms. The zero-order valence-corrected chi connectivity index (χ0v) is 26.3. The molecule has 242 valence electrons. The molecule has 2 aliphatic rings. The Balaban J connectivity index is 1.24. The first-order valence-corrected chi connectivity index (χ1v) is 15.3. The minimum absolute atomic E-state index is 0.182. The summed E-state index contributed by atoms with van der Waals surface area (Å²) in [5.41, 5.74) is 3.53. The molecule has 2 aromatic carbocycles. The summed E-state index contributed by atoms with van der Waals surface area (Å²) >= 11 is 0. The van der Waals surface area contributed by atoms with Gasteiger partial charge in [-0.1, -0.05) is 24.8 Å². The van der Waals surface area contributed by atoms with Gasteiger partial charge in [0.25, 0.3) is 5.91 Å². The maximum atomic E-state index is 13.0. The van der Waals surface area contributed by atoms with Gasteiger partial charge >= 0.3 is 0 Å². The number of nitrogens with zero attached hydrogens (tertiary/aromatic N) is 6. The van der Waals surface area contributed by atoms with Crippen LogP contribution in [0.25, 0.3) is 0 Å². The van der Waals surface area contributed by atoms with Gasteiger partial charge in [-0.3, -0.25) is 14.4 Å². The van der Waals surface area contributed by atoms with Crippen molar-refractivity contribution in [2.24, 2.45) is 0 Å². The normalized spacial score (nSPS) is 16.4. The smallest absolute Gasteiger partial charge is 0.256 e. The third-order valence-corrected chi connectivity index (χ3v) is 8.09. The number of hydrogen-bond donors (Lipinski definition) is 3. The number of hydrogen-bond acceptors (Lipinski definition) is 11. The first-order chi connectivity index (χ1) is 22.9. The molecule has 3 N–H and O–H groups in total. The second-order valence-electron chi connectivity index (χ2n) is 11.2. The number of anilines is 6. The molecule has 2 fully saturated rings. The summed E-state index contributed by atoms with van der Waals surface area (Å²) in [6.45, 7) is 7.53. The number of likely N-dealkylation sites (N-methyl/N-ethyl adjacent to an activating group) is 1. The largest absolute Gasteiger partial charge is 0.494 e. The van der Waals surface area contributed by atoms with E-state index in [1.54, 1.807) is 42.6 Å². The van der Waals surface area contributed by atoms with E-state index < -0.39 is 0 Å². The fourth-order valence-corrected chi connectivity index (χ4v) is 5.61. The maximum Gasteiger partial charge on any atom is 0.256 e. The lowest BCUT2D eigenvalue weighted by atomic mass is 10.0. The van der Waals surface area contributed by atoms with Crippen molar-refractivity contribution in [1.82, 2.24) is 19.9 Å². The summed E-state index contributed by atoms with van der Waals surface area (Å²) in [5, 5.41) is 10.9. The van der Waals surface area contributed by atoms with Gasteiger partial charge in [0.2, 0.25) is 5.91 Å². The zero-order chi connectivity index (χ0) is 32.8. The fourth-order valence-electron chi connectivity index (χ4n) is 5.61. The SMILES string of the molecule is C=CC(=O)Nc1cc(Nc2cc(N3OCCC3c3cccc(C(=O)Nc4ccccn4)c3)ncn2)c(OC)cc1N1CCN(C)CC1. The van der Waals surface area contributed by atoms with E-state index in [0.717, 1.165) is 37.4 Å². The number of hydroxylamine groups is 1. The molecule has 13 nitrogen and oxygen atoms in total. The minimum Gasteiger partial charge on any atom is -0.494 e. The topological polar surface area (TPSA) is 137 Å². The van der Waals surface area contributed by atoms with Crippen LogP contribution in [0.1, 0.15) is 28.4 Å². The second-order valence-corrected chi connectivity index (χ2v) is 11.2. The Morgan fingerprint density at radius 1 is 0.957 bits per heavy atom. The van der Waals surface area contributed by atoms with Crippen molar-refractivity contribution < 1.29 is 19.2 Å². The van der Waals surface area contributed by atoms with E-state index in [0.29, 0.717) is 53.2 Å². The third-order valence-electron chi connectivity index (χ3n) is 8.09. The number of nitrogens with one attached hydrogen (secondary N) is 3. The van der Waals surface area contributed by atoms with Gasteiger partial charge in [-0.05, 0) is 49.0 Å². The molecule has 1 atom stereocenters. The van der Waals surface area contributed by atoms with Crippen LogP contribution in [-0.2, 0) is 9.63 Å². The molecular formula is C34H37N9O4. The summed E-state index contributed by atoms with van der Waals surface area (Å²) in [6.07, 6.45) is 5.03. The standard InChI is InChI=1S/C34H37N9O4/c1-4-33(44)39-25-19-26(29(46-3)20-28(25)42-15-13-41(2)14-16-42)38-31-21-32(37-22-36-31)43-27(11-17-47-43)23-8-7-9-24(18-23)34(45)40-30-10-5-6-12-35-30/h4-10,12,18-22,27H,1,11,13-17H2,2-3H3,(H,39,44)(H,35,40,45)(H,36,37,38). The van der Waals surface area contributed by atoms with Crippen LogP contribution in [0, 0.1) is 0 Å². The van der Waals surface area contributed by atoms with Gasteiger partial charge in [-0.25, -0.2) is 20.0 Å². The van der Waals surface area contributed by atoms with Crippen LogP contribution >= 0.6 is 0 Å². The van der Waals surface area contributed by atoms with Crippen molar-refractivity contribution in [3.05, 3.63) is 97.0 Å². The highest BCUT2D eigenvalue weighted by atomic mass is 16.7. The Hall–Kier alpha value is -5.53. The van der Waals surface area contributed by atoms with E-state index in [4.69, 9.17) is 9.57 Å². The molecule has 2 saturated heterocycles. The minimum atomic E-state index is -0.309. The number of pyridine rings is 1. The quantitative estimate of drug-likeness (QED) is 0.210. The summed E-state index contributed by atoms with van der Waals surface area (Å²) in [6, 6.07) is 18.2. The number of benzene rings is 2. The molecule has 6 rings (SSSR count). The van der Waals surface area contributed by atoms with Crippen LogP contribution in [0.3, 0.4) is 0 Å². The average molecular weight is 636 g/mol. The monoisotopic (exact) mass is 635 g/mol. The van der Waals surface area contributed by atoms with Crippen molar-refractivity contribution >= 4 is 46.3 Å². The molecule has 4 heterocycles. The van der Waals surface area contributed by atoms with Crippen molar-refractivity contribution in [2.45, 2.75) is 12.5 Å². The van der Waals surface area contributed by atoms with Crippen LogP contribution in [0.5, 0.6) is 5.75 Å². The van der Waals surface area contributed by atoms with Gasteiger partial charge in [0.15, 0.2) is 5.82 Å². The molecule has 2 aliphatic heterocycles. The Bertz CT molecular complexity index is 1750. The Kier molecular flexibility index (Phi) is 9.55. The Morgan fingerprint density at radius 3 is 2.57 bits per heavy atom. The van der Waals surface area contributed by atoms with Crippen molar-refractivity contribution in [3.63, 3.8) is 0 Å². The number of amides is 2. The second kappa shape index (κ2) is 14.3. The number of ether oxygens (including phenoxy) is 1. The highest BCUT2D eigenvalue weighted by molar-refractivity contribution is 6.04. The van der Waals surface area contributed by atoms with Gasteiger partial charge in [-0.15, -0.1) is 0 Å². The lowest BCUT2D eigenvalue weighted by Gasteiger charge is -2.35. The lowest BCUT2D eigenvalue weighted by molar-refractivity contribution is -0.111. The summed E-state index contributed by atoms with van der Waals surface area (Å²) in [4.78, 5) is 49.0. The maximum absolute atomic E-state index is 13.0. The zero-order valence-electron chi connectivity index (χ0n) is 26.3. The molecule has 0 radical (unpaired) electrons. The summed E-state index contributed by atoms with van der Waals surface area (Å²) < 4.78 is 5.78. The number of methoxy groups -OCH3 is 1. The molecule has 4 aromatic rings. The third kappa shape index (κ3) is 7.32. The van der Waals surface area contributed by atoms with E-state index in [1.807, 2.05) is 36.4 Å². The van der Waals surface area contributed by atoms with Crippen molar-refractivity contribution in [1.29, 1.82) is 0 Å². The molecular weight excluding hydrogens is 598 g/mol. The van der Waals surface area contributed by atoms with Crippen LogP contribution in [0.4, 0.5) is 34.5 Å². The van der Waals surface area contributed by atoms with E-state index in [1.165, 1.54) is 12.4 Å². The van der Waals surface area contributed by atoms with Crippen LogP contribution < -0.4 is 30.7 Å². The lowest BCUT2D eigenvalue weighted by Crippen LogP contribution is -2.44. The molecule has 0 aliphatic carbocycles. The Labute approximate surface area is 273 Å². The van der Waals surface area contributed by atoms with Gasteiger partial charge in [0.1, 0.15) is 23.7 Å². The van der Waals surface area contributed by atoms with E-state index in [9.17, 15) is 9.59 Å². The van der Waals surface area contributed by atoms with Crippen LogP contribution in [0.15, 0.2) is 85.8 Å². The summed E-state index contributed by atoms with van der Waals surface area (Å²) in [5.74, 6) is 1.56. The summed E-state index contributed by atoms with van der Waals surface area (Å²) in [7, 11) is 3.70. The van der Waals surface area contributed by atoms with Gasteiger partial charge in [0, 0.05) is 56.5 Å². The first-order valence-electron chi connectivity index (χ1n) is 15.3. The van der Waals surface area contributed by atoms with Crippen molar-refractivity contribution in [3.8, 4) is 5.75 Å². The highest BCUT2D eigenvalue weighted by Gasteiger charge is 2.30. The van der Waals surface area contributed by atoms with Crippen LogP contribution in [-0.4, -0.2) is 78.6 Å². The Morgan fingerprint density at radius 2 is 1.81 bits per heavy atom. The van der Waals surface area contributed by atoms with Gasteiger partial charge in [0.05, 0.1) is 36.8 Å². The highest BCUT2D eigenvalue weighted by Crippen LogP contribution is 2.40. The number of carbonyl (C=O) groups excluding carboxylic acids is 2.